The average molecular weight is 210 g/mol. The zero-order valence-corrected chi connectivity index (χ0v) is 8.55. The maximum atomic E-state index is 11.6. The minimum atomic E-state index is -0.884. The zero-order valence-electron chi connectivity index (χ0n) is 8.55. The van der Waals surface area contributed by atoms with Gasteiger partial charge in [-0.25, -0.2) is 0 Å². The third-order valence-corrected chi connectivity index (χ3v) is 3.30. The summed E-state index contributed by atoms with van der Waals surface area (Å²) in [6, 6.07) is 0. The molecule has 1 N–H and O–H groups in total. The van der Waals surface area contributed by atoms with Gasteiger partial charge < -0.3 is 9.84 Å². The van der Waals surface area contributed by atoms with Crippen LogP contribution in [0, 0.1) is 23.7 Å². The van der Waals surface area contributed by atoms with Gasteiger partial charge in [-0.3, -0.25) is 9.59 Å². The van der Waals surface area contributed by atoms with Crippen molar-refractivity contribution in [1.82, 2.24) is 0 Å². The topological polar surface area (TPSA) is 63.6 Å². The van der Waals surface area contributed by atoms with Crippen molar-refractivity contribution >= 4 is 11.9 Å². The number of ether oxygens (including phenoxy) is 1. The molecule has 2 aliphatic carbocycles. The molecule has 2 aliphatic rings. The Morgan fingerprint density at radius 3 is 2.47 bits per heavy atom. The lowest BCUT2D eigenvalue weighted by atomic mass is 9.83. The predicted molar refractivity (Wildman–Crippen MR) is 52.0 cm³/mol. The summed E-state index contributed by atoms with van der Waals surface area (Å²) in [6.07, 6.45) is 4.64. The Morgan fingerprint density at radius 2 is 1.93 bits per heavy atom. The highest BCUT2D eigenvalue weighted by atomic mass is 16.5. The van der Waals surface area contributed by atoms with Crippen LogP contribution in [-0.4, -0.2) is 23.7 Å². The van der Waals surface area contributed by atoms with Crippen LogP contribution in [0.15, 0.2) is 12.2 Å². The number of allylic oxidation sites excluding steroid dienone is 2. The fourth-order valence-corrected chi connectivity index (χ4v) is 2.72. The monoisotopic (exact) mass is 210 g/mol. The number of carbonyl (C=O) groups excluding carboxylic acids is 1. The van der Waals surface area contributed by atoms with Crippen LogP contribution in [0.4, 0.5) is 0 Å². The quantitative estimate of drug-likeness (QED) is 0.559. The zero-order chi connectivity index (χ0) is 11.0. The summed E-state index contributed by atoms with van der Waals surface area (Å²) in [5.74, 6) is -2.22. The Kier molecular flexibility index (Phi) is 2.50. The van der Waals surface area contributed by atoms with Crippen LogP contribution in [0.3, 0.4) is 0 Å². The number of hydrogen-bond donors (Lipinski definition) is 1. The van der Waals surface area contributed by atoms with Crippen molar-refractivity contribution < 1.29 is 19.4 Å². The number of carboxylic acids is 1. The fraction of sp³-hybridized carbons (Fsp3) is 0.636. The van der Waals surface area contributed by atoms with E-state index in [1.165, 1.54) is 0 Å². The van der Waals surface area contributed by atoms with Gasteiger partial charge in [0.15, 0.2) is 0 Å². The maximum absolute atomic E-state index is 11.6. The number of esters is 1. The Labute approximate surface area is 87.9 Å². The van der Waals surface area contributed by atoms with Gasteiger partial charge in [0.25, 0.3) is 0 Å². The highest BCUT2D eigenvalue weighted by Crippen LogP contribution is 2.48. The first-order valence-corrected chi connectivity index (χ1v) is 5.23. The molecule has 1 saturated carbocycles. The Balaban J connectivity index is 2.19. The SMILES string of the molecule is CCOC(=O)[C@H]1C2C=CC(C2)[C@@H]1C(=O)O. The highest BCUT2D eigenvalue weighted by Gasteiger charge is 2.52. The van der Waals surface area contributed by atoms with Gasteiger partial charge >= 0.3 is 11.9 Å². The van der Waals surface area contributed by atoms with Crippen molar-refractivity contribution in [3.05, 3.63) is 12.2 Å². The van der Waals surface area contributed by atoms with E-state index in [1.54, 1.807) is 6.92 Å². The van der Waals surface area contributed by atoms with E-state index in [0.29, 0.717) is 6.61 Å². The normalized spacial score (nSPS) is 36.9. The second kappa shape index (κ2) is 3.68. The molecule has 4 nitrogen and oxygen atoms in total. The molecule has 0 amide bonds. The first-order chi connectivity index (χ1) is 7.15. The average Bonchev–Trinajstić information content (AvgIpc) is 2.76. The first-order valence-electron chi connectivity index (χ1n) is 5.23. The molecule has 1 fully saturated rings. The molecule has 0 spiro atoms. The third-order valence-electron chi connectivity index (χ3n) is 3.30. The molecule has 0 radical (unpaired) electrons. The second-order valence-corrected chi connectivity index (χ2v) is 4.09. The molecule has 0 aromatic rings. The van der Waals surface area contributed by atoms with Gasteiger partial charge in [-0.15, -0.1) is 0 Å². The van der Waals surface area contributed by atoms with Crippen molar-refractivity contribution in [2.24, 2.45) is 23.7 Å². The molecule has 4 heteroatoms. The molecule has 82 valence electrons. The van der Waals surface area contributed by atoms with Crippen LogP contribution in [0.5, 0.6) is 0 Å². The van der Waals surface area contributed by atoms with Gasteiger partial charge in [0.05, 0.1) is 18.4 Å². The summed E-state index contributed by atoms with van der Waals surface area (Å²) in [7, 11) is 0. The number of carbonyl (C=O) groups is 2. The third kappa shape index (κ3) is 1.54. The lowest BCUT2D eigenvalue weighted by Crippen LogP contribution is -2.34. The van der Waals surface area contributed by atoms with Gasteiger partial charge in [-0.1, -0.05) is 12.2 Å². The van der Waals surface area contributed by atoms with E-state index in [4.69, 9.17) is 9.84 Å². The molecule has 0 heterocycles. The van der Waals surface area contributed by atoms with E-state index in [1.807, 2.05) is 12.2 Å². The molecular formula is C11H14O4. The van der Waals surface area contributed by atoms with Gasteiger partial charge in [0.2, 0.25) is 0 Å². The van der Waals surface area contributed by atoms with Crippen LogP contribution >= 0.6 is 0 Å². The minimum Gasteiger partial charge on any atom is -0.481 e. The lowest BCUT2D eigenvalue weighted by molar-refractivity contribution is -0.158. The molecule has 0 aliphatic heterocycles. The van der Waals surface area contributed by atoms with Crippen LogP contribution in [0.2, 0.25) is 0 Å². The Hall–Kier alpha value is -1.32. The van der Waals surface area contributed by atoms with E-state index in [9.17, 15) is 9.59 Å². The number of rotatable bonds is 3. The Bertz CT molecular complexity index is 321. The number of fused-ring (bicyclic) bond motifs is 2. The molecule has 2 bridgehead atoms. The van der Waals surface area contributed by atoms with E-state index < -0.39 is 17.8 Å². The summed E-state index contributed by atoms with van der Waals surface area (Å²) < 4.78 is 4.92. The van der Waals surface area contributed by atoms with Gasteiger partial charge in [0.1, 0.15) is 0 Å². The number of hydrogen-bond acceptors (Lipinski definition) is 3. The molecule has 15 heavy (non-hydrogen) atoms. The summed E-state index contributed by atoms with van der Waals surface area (Å²) in [5.41, 5.74) is 0. The number of aliphatic carboxylic acids is 1. The van der Waals surface area contributed by atoms with E-state index in [-0.39, 0.29) is 17.8 Å². The van der Waals surface area contributed by atoms with E-state index >= 15 is 0 Å². The maximum Gasteiger partial charge on any atom is 0.310 e. The molecular weight excluding hydrogens is 196 g/mol. The van der Waals surface area contributed by atoms with Crippen LogP contribution in [0.25, 0.3) is 0 Å². The van der Waals surface area contributed by atoms with Crippen molar-refractivity contribution in [3.63, 3.8) is 0 Å². The highest BCUT2D eigenvalue weighted by molar-refractivity contribution is 5.83. The van der Waals surface area contributed by atoms with Gasteiger partial charge in [-0.05, 0) is 25.2 Å². The number of carboxylic acid groups (broad SMARTS) is 1. The summed E-state index contributed by atoms with van der Waals surface area (Å²) in [4.78, 5) is 22.7. The summed E-state index contributed by atoms with van der Waals surface area (Å²) in [6.45, 7) is 2.04. The lowest BCUT2D eigenvalue weighted by Gasteiger charge is -2.22. The van der Waals surface area contributed by atoms with Crippen molar-refractivity contribution in [3.8, 4) is 0 Å². The molecule has 0 aromatic heterocycles. The van der Waals surface area contributed by atoms with Gasteiger partial charge in [-0.2, -0.15) is 0 Å². The van der Waals surface area contributed by atoms with Crippen molar-refractivity contribution in [2.45, 2.75) is 13.3 Å². The fourth-order valence-electron chi connectivity index (χ4n) is 2.72. The smallest absolute Gasteiger partial charge is 0.310 e. The molecule has 0 saturated heterocycles. The van der Waals surface area contributed by atoms with E-state index in [0.717, 1.165) is 6.42 Å². The first kappa shape index (κ1) is 10.2. The van der Waals surface area contributed by atoms with Crippen LogP contribution in [0.1, 0.15) is 13.3 Å². The van der Waals surface area contributed by atoms with E-state index in [2.05, 4.69) is 0 Å². The largest absolute Gasteiger partial charge is 0.481 e. The predicted octanol–water partition coefficient (Wildman–Crippen LogP) is 1.07. The van der Waals surface area contributed by atoms with Crippen LogP contribution < -0.4 is 0 Å². The van der Waals surface area contributed by atoms with Crippen LogP contribution in [-0.2, 0) is 14.3 Å². The second-order valence-electron chi connectivity index (χ2n) is 4.09. The summed E-state index contributed by atoms with van der Waals surface area (Å²) >= 11 is 0. The van der Waals surface area contributed by atoms with Crippen molar-refractivity contribution in [2.75, 3.05) is 6.61 Å². The van der Waals surface area contributed by atoms with Crippen molar-refractivity contribution in [1.29, 1.82) is 0 Å². The molecule has 2 rings (SSSR count). The molecule has 4 atom stereocenters. The molecule has 2 unspecified atom stereocenters. The Morgan fingerprint density at radius 1 is 1.33 bits per heavy atom. The minimum absolute atomic E-state index is 0.0157. The standard InChI is InChI=1S/C11H14O4/c1-2-15-11(14)9-7-4-3-6(5-7)8(9)10(12)13/h3-4,6-9H,2,5H2,1H3,(H,12,13)/t6?,7?,8-,9-/m0/s1. The summed E-state index contributed by atoms with van der Waals surface area (Å²) in [5, 5.41) is 9.08. The molecule has 0 aromatic carbocycles. The van der Waals surface area contributed by atoms with Gasteiger partial charge in [0, 0.05) is 0 Å².